The number of guanidine groups is 1. The van der Waals surface area contributed by atoms with E-state index in [-0.39, 0.29) is 17.8 Å². The zero-order chi connectivity index (χ0) is 19.6. The number of carbonyl (C=O) groups is 1. The standard InChI is InChI=1S/C19H33N5O3/c1-5-20-19(24-12-9-15(10-13-24)18(25)26-6-2)21-11-7-8-16-22-17(14(3)4)23-27-16/h14-15H,5-13H2,1-4H3,(H,20,21). The minimum absolute atomic E-state index is 0.0109. The molecule has 0 spiro atoms. The van der Waals surface area contributed by atoms with E-state index in [1.54, 1.807) is 0 Å². The summed E-state index contributed by atoms with van der Waals surface area (Å²) in [5.41, 5.74) is 0. The van der Waals surface area contributed by atoms with Gasteiger partial charge in [0.05, 0.1) is 12.5 Å². The molecule has 1 aromatic rings. The Bertz CT molecular complexity index is 606. The van der Waals surface area contributed by atoms with Crippen LogP contribution in [0.4, 0.5) is 0 Å². The SMILES string of the molecule is CCNC(=NCCCc1nc(C(C)C)no1)N1CCC(C(=O)OCC)CC1. The largest absolute Gasteiger partial charge is 0.466 e. The Labute approximate surface area is 161 Å². The summed E-state index contributed by atoms with van der Waals surface area (Å²) in [6.07, 6.45) is 3.20. The van der Waals surface area contributed by atoms with Crippen LogP contribution in [0.1, 0.15) is 64.6 Å². The van der Waals surface area contributed by atoms with Gasteiger partial charge in [0.25, 0.3) is 0 Å². The van der Waals surface area contributed by atoms with Gasteiger partial charge in [-0.05, 0) is 33.1 Å². The van der Waals surface area contributed by atoms with Crippen LogP contribution in [0.2, 0.25) is 0 Å². The first-order valence-corrected chi connectivity index (χ1v) is 10.1. The number of rotatable bonds is 8. The number of carbonyl (C=O) groups excluding carboxylic acids is 1. The van der Waals surface area contributed by atoms with Crippen molar-refractivity contribution >= 4 is 11.9 Å². The highest BCUT2D eigenvalue weighted by Crippen LogP contribution is 2.19. The van der Waals surface area contributed by atoms with Crippen LogP contribution in [0.15, 0.2) is 9.52 Å². The van der Waals surface area contributed by atoms with E-state index in [0.29, 0.717) is 19.0 Å². The van der Waals surface area contributed by atoms with Gasteiger partial charge in [-0.2, -0.15) is 4.98 Å². The second-order valence-corrected chi connectivity index (χ2v) is 7.05. The van der Waals surface area contributed by atoms with Crippen LogP contribution in [-0.2, 0) is 16.0 Å². The molecule has 8 nitrogen and oxygen atoms in total. The van der Waals surface area contributed by atoms with E-state index >= 15 is 0 Å². The predicted octanol–water partition coefficient (Wildman–Crippen LogP) is 2.37. The van der Waals surface area contributed by atoms with E-state index in [1.165, 1.54) is 0 Å². The van der Waals surface area contributed by atoms with Crippen LogP contribution in [-0.4, -0.2) is 59.8 Å². The number of ether oxygens (including phenoxy) is 1. The first-order chi connectivity index (χ1) is 13.0. The molecule has 27 heavy (non-hydrogen) atoms. The quantitative estimate of drug-likeness (QED) is 0.321. The highest BCUT2D eigenvalue weighted by Gasteiger charge is 2.27. The fourth-order valence-corrected chi connectivity index (χ4v) is 3.03. The van der Waals surface area contributed by atoms with Crippen LogP contribution >= 0.6 is 0 Å². The third-order valence-corrected chi connectivity index (χ3v) is 4.56. The van der Waals surface area contributed by atoms with Gasteiger partial charge in [0.15, 0.2) is 11.8 Å². The molecule has 0 atom stereocenters. The summed E-state index contributed by atoms with van der Waals surface area (Å²) in [5, 5.41) is 7.33. The van der Waals surface area contributed by atoms with Crippen LogP contribution in [0.25, 0.3) is 0 Å². The van der Waals surface area contributed by atoms with Crippen LogP contribution < -0.4 is 5.32 Å². The molecule has 0 unspecified atom stereocenters. The summed E-state index contributed by atoms with van der Waals surface area (Å²) in [6.45, 7) is 11.6. The van der Waals surface area contributed by atoms with Gasteiger partial charge in [0, 0.05) is 38.5 Å². The lowest BCUT2D eigenvalue weighted by Crippen LogP contribution is -2.46. The molecule has 1 aliphatic rings. The Kier molecular flexibility index (Phi) is 8.54. The minimum Gasteiger partial charge on any atom is -0.466 e. The Hall–Kier alpha value is -2.12. The van der Waals surface area contributed by atoms with Crippen molar-refractivity contribution in [3.63, 3.8) is 0 Å². The molecule has 0 radical (unpaired) electrons. The molecule has 0 bridgehead atoms. The third kappa shape index (κ3) is 6.52. The van der Waals surface area contributed by atoms with E-state index in [0.717, 1.165) is 57.1 Å². The molecule has 1 aromatic heterocycles. The van der Waals surface area contributed by atoms with Crippen molar-refractivity contribution in [3.8, 4) is 0 Å². The normalized spacial score (nSPS) is 16.0. The average molecular weight is 380 g/mol. The van der Waals surface area contributed by atoms with Gasteiger partial charge < -0.3 is 19.5 Å². The molecule has 8 heteroatoms. The van der Waals surface area contributed by atoms with Gasteiger partial charge in [-0.3, -0.25) is 9.79 Å². The van der Waals surface area contributed by atoms with E-state index in [9.17, 15) is 4.79 Å². The lowest BCUT2D eigenvalue weighted by molar-refractivity contribution is -0.149. The molecule has 0 saturated carbocycles. The van der Waals surface area contributed by atoms with Crippen molar-refractivity contribution in [2.45, 2.75) is 59.3 Å². The molecule has 0 aliphatic carbocycles. The zero-order valence-corrected chi connectivity index (χ0v) is 17.0. The van der Waals surface area contributed by atoms with E-state index in [1.807, 2.05) is 20.8 Å². The number of nitrogens with one attached hydrogen (secondary N) is 1. The molecule has 0 aromatic carbocycles. The number of hydrogen-bond acceptors (Lipinski definition) is 6. The minimum atomic E-state index is -0.0700. The Morgan fingerprint density at radius 1 is 1.37 bits per heavy atom. The third-order valence-electron chi connectivity index (χ3n) is 4.56. The van der Waals surface area contributed by atoms with Crippen molar-refractivity contribution < 1.29 is 14.1 Å². The molecule has 1 fully saturated rings. The summed E-state index contributed by atoms with van der Waals surface area (Å²) < 4.78 is 10.4. The molecular weight excluding hydrogens is 346 g/mol. The number of nitrogens with zero attached hydrogens (tertiary/aromatic N) is 4. The molecule has 0 amide bonds. The predicted molar refractivity (Wildman–Crippen MR) is 104 cm³/mol. The number of aliphatic imine (C=N–C) groups is 1. The Balaban J connectivity index is 1.80. The van der Waals surface area contributed by atoms with E-state index < -0.39 is 0 Å². The van der Waals surface area contributed by atoms with Gasteiger partial charge in [-0.1, -0.05) is 19.0 Å². The van der Waals surface area contributed by atoms with Gasteiger partial charge in [-0.15, -0.1) is 0 Å². The lowest BCUT2D eigenvalue weighted by atomic mass is 9.97. The van der Waals surface area contributed by atoms with Gasteiger partial charge >= 0.3 is 5.97 Å². The van der Waals surface area contributed by atoms with Gasteiger partial charge in [0.2, 0.25) is 5.89 Å². The first kappa shape index (κ1) is 21.2. The number of likely N-dealkylation sites (tertiary alicyclic amines) is 1. The molecule has 1 N–H and O–H groups in total. The monoisotopic (exact) mass is 379 g/mol. The van der Waals surface area contributed by atoms with Crippen molar-refractivity contribution in [3.05, 3.63) is 11.7 Å². The number of aryl methyl sites for hydroxylation is 1. The van der Waals surface area contributed by atoms with Crippen molar-refractivity contribution in [2.24, 2.45) is 10.9 Å². The van der Waals surface area contributed by atoms with E-state index in [2.05, 4.69) is 27.3 Å². The molecule has 1 saturated heterocycles. The summed E-state index contributed by atoms with van der Waals surface area (Å²) in [5.74, 6) is 2.56. The number of hydrogen-bond donors (Lipinski definition) is 1. The molecule has 2 heterocycles. The fourth-order valence-electron chi connectivity index (χ4n) is 3.03. The molecule has 1 aliphatic heterocycles. The van der Waals surface area contributed by atoms with Crippen molar-refractivity contribution in [1.82, 2.24) is 20.4 Å². The number of aromatic nitrogens is 2. The smallest absolute Gasteiger partial charge is 0.309 e. The maximum Gasteiger partial charge on any atom is 0.309 e. The van der Waals surface area contributed by atoms with Crippen LogP contribution in [0.5, 0.6) is 0 Å². The second-order valence-electron chi connectivity index (χ2n) is 7.05. The Morgan fingerprint density at radius 3 is 2.70 bits per heavy atom. The number of esters is 1. The van der Waals surface area contributed by atoms with Crippen molar-refractivity contribution in [2.75, 3.05) is 32.8 Å². The average Bonchev–Trinajstić information content (AvgIpc) is 3.14. The molecule has 152 valence electrons. The molecule has 2 rings (SSSR count). The molecular formula is C19H33N5O3. The second kappa shape index (κ2) is 10.9. The van der Waals surface area contributed by atoms with Gasteiger partial charge in [0.1, 0.15) is 0 Å². The summed E-state index contributed by atoms with van der Waals surface area (Å²) in [6, 6.07) is 0. The first-order valence-electron chi connectivity index (χ1n) is 10.1. The zero-order valence-electron chi connectivity index (χ0n) is 17.0. The Morgan fingerprint density at radius 2 is 2.11 bits per heavy atom. The lowest BCUT2D eigenvalue weighted by Gasteiger charge is -2.33. The maximum atomic E-state index is 11.9. The highest BCUT2D eigenvalue weighted by atomic mass is 16.5. The maximum absolute atomic E-state index is 11.9. The fraction of sp³-hybridized carbons (Fsp3) is 0.789. The number of piperidine rings is 1. The van der Waals surface area contributed by atoms with Crippen molar-refractivity contribution in [1.29, 1.82) is 0 Å². The summed E-state index contributed by atoms with van der Waals surface area (Å²) >= 11 is 0. The van der Waals surface area contributed by atoms with Crippen LogP contribution in [0, 0.1) is 5.92 Å². The van der Waals surface area contributed by atoms with E-state index in [4.69, 9.17) is 14.3 Å². The van der Waals surface area contributed by atoms with Crippen LogP contribution in [0.3, 0.4) is 0 Å². The summed E-state index contributed by atoms with van der Waals surface area (Å²) in [4.78, 5) is 23.2. The highest BCUT2D eigenvalue weighted by molar-refractivity contribution is 5.80. The van der Waals surface area contributed by atoms with Gasteiger partial charge in [-0.25, -0.2) is 0 Å². The summed E-state index contributed by atoms with van der Waals surface area (Å²) in [7, 11) is 0. The topological polar surface area (TPSA) is 92.9 Å².